The van der Waals surface area contributed by atoms with Crippen molar-refractivity contribution in [2.24, 2.45) is 0 Å². The number of aromatic nitrogens is 2. The number of halogens is 1. The summed E-state index contributed by atoms with van der Waals surface area (Å²) in [6, 6.07) is 0.399. The second-order valence-corrected chi connectivity index (χ2v) is 4.61. The Labute approximate surface area is 114 Å². The van der Waals surface area contributed by atoms with Crippen molar-refractivity contribution in [1.29, 1.82) is 0 Å². The van der Waals surface area contributed by atoms with E-state index in [9.17, 15) is 0 Å². The Morgan fingerprint density at radius 2 is 2.22 bits per heavy atom. The summed E-state index contributed by atoms with van der Waals surface area (Å²) in [5.74, 6) is 2.13. The van der Waals surface area contributed by atoms with Crippen LogP contribution in [0.4, 0.5) is 5.82 Å². The number of alkyl halides is 1. The second kappa shape index (κ2) is 7.54. The summed E-state index contributed by atoms with van der Waals surface area (Å²) >= 11 is 5.97. The molecule has 0 aromatic carbocycles. The fourth-order valence-corrected chi connectivity index (χ4v) is 1.96. The highest BCUT2D eigenvalue weighted by molar-refractivity contribution is 6.17. The first kappa shape index (κ1) is 15.2. The lowest BCUT2D eigenvalue weighted by Crippen LogP contribution is -2.37. The van der Waals surface area contributed by atoms with Crippen LogP contribution in [-0.4, -0.2) is 36.3 Å². The third-order valence-corrected chi connectivity index (χ3v) is 3.33. The number of hydrogen-bond acceptors (Lipinski definition) is 4. The van der Waals surface area contributed by atoms with Crippen molar-refractivity contribution < 1.29 is 4.74 Å². The molecule has 1 rings (SSSR count). The summed E-state index contributed by atoms with van der Waals surface area (Å²) in [5, 5.41) is 0. The minimum Gasteiger partial charge on any atom is -0.383 e. The Morgan fingerprint density at radius 1 is 1.50 bits per heavy atom. The molecule has 102 valence electrons. The Kier molecular flexibility index (Phi) is 6.36. The molecule has 1 unspecified atom stereocenters. The lowest BCUT2D eigenvalue weighted by Gasteiger charge is -2.31. The van der Waals surface area contributed by atoms with Gasteiger partial charge in [-0.1, -0.05) is 6.92 Å². The van der Waals surface area contributed by atoms with Crippen LogP contribution < -0.4 is 4.90 Å². The van der Waals surface area contributed by atoms with E-state index in [4.69, 9.17) is 16.3 Å². The summed E-state index contributed by atoms with van der Waals surface area (Å²) < 4.78 is 5.17. The van der Waals surface area contributed by atoms with E-state index in [0.717, 1.165) is 30.2 Å². The Bertz CT molecular complexity index is 373. The number of ether oxygens (including phenoxy) is 1. The van der Waals surface area contributed by atoms with Crippen LogP contribution in [0.25, 0.3) is 0 Å². The SMILES string of the molecule is CCC(C)N(CCOC)c1nc(C)ncc1CCl. The van der Waals surface area contributed by atoms with Crippen molar-refractivity contribution >= 4 is 17.4 Å². The van der Waals surface area contributed by atoms with Crippen molar-refractivity contribution in [1.82, 2.24) is 9.97 Å². The number of nitrogens with zero attached hydrogens (tertiary/aromatic N) is 3. The maximum atomic E-state index is 5.97. The third-order valence-electron chi connectivity index (χ3n) is 3.04. The molecule has 0 N–H and O–H groups in total. The van der Waals surface area contributed by atoms with Gasteiger partial charge in [0.1, 0.15) is 11.6 Å². The monoisotopic (exact) mass is 271 g/mol. The molecule has 4 nitrogen and oxygen atoms in total. The van der Waals surface area contributed by atoms with Gasteiger partial charge in [-0.15, -0.1) is 11.6 Å². The maximum Gasteiger partial charge on any atom is 0.137 e. The first-order valence-electron chi connectivity index (χ1n) is 6.28. The van der Waals surface area contributed by atoms with E-state index < -0.39 is 0 Å². The molecule has 0 bridgehead atoms. The molecular formula is C13H22ClN3O. The number of methoxy groups -OCH3 is 1. The number of rotatable bonds is 7. The lowest BCUT2D eigenvalue weighted by molar-refractivity contribution is 0.203. The molecule has 0 saturated carbocycles. The molecule has 0 spiro atoms. The largest absolute Gasteiger partial charge is 0.383 e. The number of hydrogen-bond donors (Lipinski definition) is 0. The Hall–Kier alpha value is -0.870. The molecular weight excluding hydrogens is 250 g/mol. The van der Waals surface area contributed by atoms with Crippen LogP contribution in [0, 0.1) is 6.92 Å². The van der Waals surface area contributed by atoms with Gasteiger partial charge in [-0.2, -0.15) is 0 Å². The van der Waals surface area contributed by atoms with Gasteiger partial charge >= 0.3 is 0 Å². The molecule has 0 aliphatic rings. The smallest absolute Gasteiger partial charge is 0.137 e. The van der Waals surface area contributed by atoms with Crippen LogP contribution in [0.2, 0.25) is 0 Å². The average Bonchev–Trinajstić information content (AvgIpc) is 2.39. The normalized spacial score (nSPS) is 12.5. The molecule has 1 aromatic rings. The summed E-state index contributed by atoms with van der Waals surface area (Å²) in [5.41, 5.74) is 0.971. The van der Waals surface area contributed by atoms with E-state index in [0.29, 0.717) is 18.5 Å². The van der Waals surface area contributed by atoms with E-state index in [2.05, 4.69) is 28.7 Å². The zero-order valence-corrected chi connectivity index (χ0v) is 12.4. The minimum atomic E-state index is 0.399. The molecule has 0 saturated heterocycles. The summed E-state index contributed by atoms with van der Waals surface area (Å²) in [6.45, 7) is 7.73. The average molecular weight is 272 g/mol. The van der Waals surface area contributed by atoms with Gasteiger partial charge in [0.05, 0.1) is 12.5 Å². The molecule has 0 radical (unpaired) electrons. The van der Waals surface area contributed by atoms with Crippen molar-refractivity contribution in [3.63, 3.8) is 0 Å². The van der Waals surface area contributed by atoms with Gasteiger partial charge in [-0.3, -0.25) is 0 Å². The van der Waals surface area contributed by atoms with Gasteiger partial charge < -0.3 is 9.64 Å². The highest BCUT2D eigenvalue weighted by Crippen LogP contribution is 2.22. The third kappa shape index (κ3) is 3.82. The van der Waals surface area contributed by atoms with Crippen molar-refractivity contribution in [3.05, 3.63) is 17.6 Å². The first-order valence-corrected chi connectivity index (χ1v) is 6.81. The van der Waals surface area contributed by atoms with E-state index >= 15 is 0 Å². The van der Waals surface area contributed by atoms with Gasteiger partial charge in [0.2, 0.25) is 0 Å². The van der Waals surface area contributed by atoms with Gasteiger partial charge in [0.15, 0.2) is 0 Å². The highest BCUT2D eigenvalue weighted by atomic mass is 35.5. The Morgan fingerprint density at radius 3 is 2.78 bits per heavy atom. The van der Waals surface area contributed by atoms with Crippen LogP contribution in [0.1, 0.15) is 31.7 Å². The summed E-state index contributed by atoms with van der Waals surface area (Å²) in [4.78, 5) is 11.0. The molecule has 1 heterocycles. The van der Waals surface area contributed by atoms with Crippen molar-refractivity contribution in [2.45, 2.75) is 39.1 Å². The van der Waals surface area contributed by atoms with Crippen LogP contribution in [0.3, 0.4) is 0 Å². The topological polar surface area (TPSA) is 38.2 Å². The second-order valence-electron chi connectivity index (χ2n) is 4.34. The Balaban J connectivity index is 3.05. The molecule has 5 heteroatoms. The summed E-state index contributed by atoms with van der Waals surface area (Å²) in [7, 11) is 1.71. The number of anilines is 1. The van der Waals surface area contributed by atoms with Gasteiger partial charge in [0.25, 0.3) is 0 Å². The van der Waals surface area contributed by atoms with Gasteiger partial charge in [0, 0.05) is 31.5 Å². The van der Waals surface area contributed by atoms with E-state index in [1.807, 2.05) is 13.1 Å². The predicted molar refractivity (Wildman–Crippen MR) is 75.3 cm³/mol. The zero-order valence-electron chi connectivity index (χ0n) is 11.6. The summed E-state index contributed by atoms with van der Waals surface area (Å²) in [6.07, 6.45) is 2.86. The molecule has 0 aliphatic heterocycles. The van der Waals surface area contributed by atoms with Crippen LogP contribution in [0.15, 0.2) is 6.20 Å². The molecule has 1 atom stereocenters. The minimum absolute atomic E-state index is 0.399. The first-order chi connectivity index (χ1) is 8.63. The van der Waals surface area contributed by atoms with E-state index in [1.165, 1.54) is 0 Å². The van der Waals surface area contributed by atoms with Crippen LogP contribution in [0.5, 0.6) is 0 Å². The van der Waals surface area contributed by atoms with Gasteiger partial charge in [-0.25, -0.2) is 9.97 Å². The predicted octanol–water partition coefficient (Wildman–Crippen LogP) is 2.78. The molecule has 0 fully saturated rings. The van der Waals surface area contributed by atoms with Crippen LogP contribution in [-0.2, 0) is 10.6 Å². The molecule has 0 aliphatic carbocycles. The van der Waals surface area contributed by atoms with E-state index in [-0.39, 0.29) is 0 Å². The highest BCUT2D eigenvalue weighted by Gasteiger charge is 2.18. The lowest BCUT2D eigenvalue weighted by atomic mass is 10.2. The van der Waals surface area contributed by atoms with Gasteiger partial charge in [-0.05, 0) is 20.3 Å². The quantitative estimate of drug-likeness (QED) is 0.715. The fraction of sp³-hybridized carbons (Fsp3) is 0.692. The van der Waals surface area contributed by atoms with Crippen LogP contribution >= 0.6 is 11.6 Å². The molecule has 18 heavy (non-hydrogen) atoms. The zero-order chi connectivity index (χ0) is 13.5. The molecule has 1 aromatic heterocycles. The number of aryl methyl sites for hydroxylation is 1. The maximum absolute atomic E-state index is 5.97. The standard InChI is InChI=1S/C13H22ClN3O/c1-5-10(2)17(6-7-18-4)13-12(8-14)9-15-11(3)16-13/h9-10H,5-8H2,1-4H3. The molecule has 0 amide bonds. The van der Waals surface area contributed by atoms with Crippen molar-refractivity contribution in [3.8, 4) is 0 Å². The fourth-order valence-electron chi connectivity index (χ4n) is 1.77. The van der Waals surface area contributed by atoms with Crippen molar-refractivity contribution in [2.75, 3.05) is 25.2 Å². The van der Waals surface area contributed by atoms with E-state index in [1.54, 1.807) is 7.11 Å².